The molecule has 0 aliphatic carbocycles. The van der Waals surface area contributed by atoms with Gasteiger partial charge < -0.3 is 15.0 Å². The summed E-state index contributed by atoms with van der Waals surface area (Å²) >= 11 is 0. The van der Waals surface area contributed by atoms with E-state index in [0.717, 1.165) is 18.4 Å². The lowest BCUT2D eigenvalue weighted by Gasteiger charge is -2.24. The summed E-state index contributed by atoms with van der Waals surface area (Å²) in [6.07, 6.45) is 1.30. The molecule has 0 aromatic heterocycles. The molecule has 5 heteroatoms. The molecule has 0 aliphatic rings. The van der Waals surface area contributed by atoms with Crippen molar-refractivity contribution in [2.75, 3.05) is 20.1 Å². The number of aryl methyl sites for hydroxylation is 1. The van der Waals surface area contributed by atoms with Crippen molar-refractivity contribution >= 4 is 12.0 Å². The summed E-state index contributed by atoms with van der Waals surface area (Å²) < 4.78 is 5.28. The maximum Gasteiger partial charge on any atom is 0.410 e. The average molecular weight is 320 g/mol. The second kappa shape index (κ2) is 8.56. The van der Waals surface area contributed by atoms with Gasteiger partial charge in [-0.1, -0.05) is 17.7 Å². The van der Waals surface area contributed by atoms with Gasteiger partial charge in [0.2, 0.25) is 0 Å². The van der Waals surface area contributed by atoms with E-state index in [4.69, 9.17) is 4.74 Å². The molecule has 5 nitrogen and oxygen atoms in total. The Labute approximate surface area is 139 Å². The summed E-state index contributed by atoms with van der Waals surface area (Å²) in [5.74, 6) is -0.0644. The Kier molecular flexibility index (Phi) is 7.07. The first-order chi connectivity index (χ1) is 10.7. The molecule has 1 aromatic rings. The number of unbranched alkanes of at least 4 members (excludes halogenated alkanes) is 1. The van der Waals surface area contributed by atoms with Crippen LogP contribution in [0.4, 0.5) is 4.79 Å². The van der Waals surface area contributed by atoms with Crippen molar-refractivity contribution in [2.24, 2.45) is 0 Å². The van der Waals surface area contributed by atoms with Crippen LogP contribution in [0.15, 0.2) is 24.3 Å². The second-order valence-corrected chi connectivity index (χ2v) is 6.73. The van der Waals surface area contributed by atoms with Crippen molar-refractivity contribution in [3.8, 4) is 0 Å². The predicted molar refractivity (Wildman–Crippen MR) is 91.6 cm³/mol. The van der Waals surface area contributed by atoms with Gasteiger partial charge in [0.1, 0.15) is 5.60 Å². The number of hydrogen-bond donors (Lipinski definition) is 1. The highest BCUT2D eigenvalue weighted by Gasteiger charge is 2.19. The van der Waals surface area contributed by atoms with Crippen LogP contribution < -0.4 is 5.32 Å². The van der Waals surface area contributed by atoms with E-state index in [1.165, 1.54) is 0 Å². The van der Waals surface area contributed by atoms with Crippen LogP contribution in [-0.2, 0) is 4.74 Å². The fourth-order valence-corrected chi connectivity index (χ4v) is 1.91. The number of ether oxygens (including phenoxy) is 1. The van der Waals surface area contributed by atoms with Gasteiger partial charge in [-0.2, -0.15) is 0 Å². The maximum absolute atomic E-state index is 11.9. The van der Waals surface area contributed by atoms with Gasteiger partial charge >= 0.3 is 6.09 Å². The van der Waals surface area contributed by atoms with E-state index in [2.05, 4.69) is 5.32 Å². The Morgan fingerprint density at radius 1 is 1.13 bits per heavy atom. The van der Waals surface area contributed by atoms with Crippen molar-refractivity contribution in [2.45, 2.75) is 46.1 Å². The van der Waals surface area contributed by atoms with Gasteiger partial charge in [0.15, 0.2) is 0 Å². The largest absolute Gasteiger partial charge is 0.444 e. The first-order valence-corrected chi connectivity index (χ1v) is 7.98. The molecule has 2 amide bonds. The number of benzene rings is 1. The summed E-state index contributed by atoms with van der Waals surface area (Å²) in [6.45, 7) is 8.73. The number of nitrogens with zero attached hydrogens (tertiary/aromatic N) is 1. The van der Waals surface area contributed by atoms with Crippen molar-refractivity contribution in [3.63, 3.8) is 0 Å². The van der Waals surface area contributed by atoms with Gasteiger partial charge in [0, 0.05) is 25.7 Å². The van der Waals surface area contributed by atoms with Crippen LogP contribution >= 0.6 is 0 Å². The molecule has 0 saturated heterocycles. The van der Waals surface area contributed by atoms with Crippen molar-refractivity contribution in [3.05, 3.63) is 35.4 Å². The summed E-state index contributed by atoms with van der Waals surface area (Å²) in [5.41, 5.74) is 1.32. The zero-order chi connectivity index (χ0) is 17.5. The Bertz CT molecular complexity index is 518. The second-order valence-electron chi connectivity index (χ2n) is 6.73. The summed E-state index contributed by atoms with van der Waals surface area (Å²) in [4.78, 5) is 25.3. The van der Waals surface area contributed by atoms with E-state index < -0.39 is 5.60 Å². The molecule has 0 bridgehead atoms. The van der Waals surface area contributed by atoms with Crippen LogP contribution in [0.3, 0.4) is 0 Å². The molecular formula is C18H28N2O3. The van der Waals surface area contributed by atoms with Gasteiger partial charge in [-0.3, -0.25) is 4.79 Å². The predicted octanol–water partition coefficient (Wildman–Crippen LogP) is 3.37. The van der Waals surface area contributed by atoms with E-state index in [-0.39, 0.29) is 12.0 Å². The molecule has 0 radical (unpaired) electrons. The molecule has 0 saturated carbocycles. The fourth-order valence-electron chi connectivity index (χ4n) is 1.91. The van der Waals surface area contributed by atoms with Crippen molar-refractivity contribution in [1.82, 2.24) is 10.2 Å². The minimum Gasteiger partial charge on any atom is -0.444 e. The minimum atomic E-state index is -0.479. The van der Waals surface area contributed by atoms with E-state index >= 15 is 0 Å². The zero-order valence-electron chi connectivity index (χ0n) is 14.8. The number of carbonyl (C=O) groups is 2. The number of rotatable bonds is 6. The molecule has 0 heterocycles. The van der Waals surface area contributed by atoms with Crippen LogP contribution in [0.1, 0.15) is 49.5 Å². The topological polar surface area (TPSA) is 58.6 Å². The molecule has 1 N–H and O–H groups in total. The molecule has 0 unspecified atom stereocenters. The Balaban J connectivity index is 2.21. The maximum atomic E-state index is 11.9. The Hall–Kier alpha value is -2.04. The summed E-state index contributed by atoms with van der Waals surface area (Å²) in [6, 6.07) is 7.48. The summed E-state index contributed by atoms with van der Waals surface area (Å²) in [7, 11) is 1.72. The van der Waals surface area contributed by atoms with Crippen LogP contribution in [0.5, 0.6) is 0 Å². The summed E-state index contributed by atoms with van der Waals surface area (Å²) in [5, 5.41) is 2.89. The molecule has 0 fully saturated rings. The van der Waals surface area contributed by atoms with Crippen LogP contribution in [0.25, 0.3) is 0 Å². The lowest BCUT2D eigenvalue weighted by Crippen LogP contribution is -2.35. The van der Waals surface area contributed by atoms with Crippen molar-refractivity contribution in [1.29, 1.82) is 0 Å². The van der Waals surface area contributed by atoms with E-state index in [0.29, 0.717) is 18.7 Å². The smallest absolute Gasteiger partial charge is 0.410 e. The Morgan fingerprint density at radius 2 is 1.74 bits per heavy atom. The minimum absolute atomic E-state index is 0.0644. The third-order valence-corrected chi connectivity index (χ3v) is 3.22. The average Bonchev–Trinajstić information content (AvgIpc) is 2.45. The number of carbonyl (C=O) groups excluding carboxylic acids is 2. The zero-order valence-corrected chi connectivity index (χ0v) is 14.8. The first-order valence-electron chi connectivity index (χ1n) is 7.98. The number of amides is 2. The molecule has 0 spiro atoms. The third-order valence-electron chi connectivity index (χ3n) is 3.22. The van der Waals surface area contributed by atoms with Crippen LogP contribution in [0, 0.1) is 6.92 Å². The first kappa shape index (κ1) is 19.0. The highest BCUT2D eigenvalue weighted by atomic mass is 16.6. The van der Waals surface area contributed by atoms with Crippen LogP contribution in [0.2, 0.25) is 0 Å². The van der Waals surface area contributed by atoms with Crippen molar-refractivity contribution < 1.29 is 14.3 Å². The van der Waals surface area contributed by atoms with E-state index in [1.807, 2.05) is 52.0 Å². The molecule has 0 aliphatic heterocycles. The Morgan fingerprint density at radius 3 is 2.30 bits per heavy atom. The molecule has 128 valence electrons. The van der Waals surface area contributed by atoms with Crippen LogP contribution in [-0.4, -0.2) is 42.6 Å². The molecule has 1 rings (SSSR count). The standard InChI is InChI=1S/C18H28N2O3/c1-14-8-10-15(11-9-14)16(21)19-12-6-7-13-20(5)17(22)23-18(2,3)4/h8-11H,6-7,12-13H2,1-5H3,(H,19,21). The quantitative estimate of drug-likeness (QED) is 0.818. The highest BCUT2D eigenvalue weighted by Crippen LogP contribution is 2.09. The monoisotopic (exact) mass is 320 g/mol. The highest BCUT2D eigenvalue weighted by molar-refractivity contribution is 5.94. The van der Waals surface area contributed by atoms with Gasteiger partial charge in [-0.15, -0.1) is 0 Å². The van der Waals surface area contributed by atoms with Gasteiger partial charge in [-0.25, -0.2) is 4.79 Å². The number of nitrogens with one attached hydrogen (secondary N) is 1. The van der Waals surface area contributed by atoms with Gasteiger partial charge in [-0.05, 0) is 52.7 Å². The normalized spacial score (nSPS) is 11.0. The lowest BCUT2D eigenvalue weighted by atomic mass is 10.1. The molecule has 23 heavy (non-hydrogen) atoms. The molecular weight excluding hydrogens is 292 g/mol. The third kappa shape index (κ3) is 7.68. The molecule has 0 atom stereocenters. The lowest BCUT2D eigenvalue weighted by molar-refractivity contribution is 0.0296. The van der Waals surface area contributed by atoms with Gasteiger partial charge in [0.25, 0.3) is 5.91 Å². The van der Waals surface area contributed by atoms with E-state index in [1.54, 1.807) is 11.9 Å². The van der Waals surface area contributed by atoms with Gasteiger partial charge in [0.05, 0.1) is 0 Å². The number of hydrogen-bond acceptors (Lipinski definition) is 3. The fraction of sp³-hybridized carbons (Fsp3) is 0.556. The molecule has 1 aromatic carbocycles. The van der Waals surface area contributed by atoms with E-state index in [9.17, 15) is 9.59 Å². The SMILES string of the molecule is Cc1ccc(C(=O)NCCCCN(C)C(=O)OC(C)(C)C)cc1.